The molecule has 1 aliphatic rings. The highest BCUT2D eigenvalue weighted by molar-refractivity contribution is 7.98. The van der Waals surface area contributed by atoms with Crippen molar-refractivity contribution in [3.63, 3.8) is 0 Å². The summed E-state index contributed by atoms with van der Waals surface area (Å²) >= 11 is 1.42. The van der Waals surface area contributed by atoms with E-state index in [2.05, 4.69) is 13.8 Å². The number of aliphatic hydroxyl groups excluding tert-OH is 1. The van der Waals surface area contributed by atoms with Gasteiger partial charge in [-0.25, -0.2) is 4.39 Å². The van der Waals surface area contributed by atoms with Gasteiger partial charge >= 0.3 is 0 Å². The molecule has 0 aliphatic heterocycles. The van der Waals surface area contributed by atoms with Crippen LogP contribution in [0.5, 0.6) is 0 Å². The van der Waals surface area contributed by atoms with E-state index in [0.29, 0.717) is 4.90 Å². The third-order valence-electron chi connectivity index (χ3n) is 4.36. The molecule has 0 aromatic heterocycles. The van der Waals surface area contributed by atoms with Crippen molar-refractivity contribution in [2.45, 2.75) is 43.6 Å². The molecule has 1 aromatic rings. The number of halogens is 1. The van der Waals surface area contributed by atoms with Gasteiger partial charge in [0, 0.05) is 10.3 Å². The van der Waals surface area contributed by atoms with Crippen LogP contribution in [0.4, 0.5) is 4.39 Å². The number of rotatable bonds is 3. The van der Waals surface area contributed by atoms with Gasteiger partial charge in [0.15, 0.2) is 0 Å². The summed E-state index contributed by atoms with van der Waals surface area (Å²) in [6.07, 6.45) is 3.30. The molecule has 0 spiro atoms. The van der Waals surface area contributed by atoms with Crippen molar-refractivity contribution in [3.05, 3.63) is 29.6 Å². The highest BCUT2D eigenvalue weighted by Crippen LogP contribution is 2.55. The van der Waals surface area contributed by atoms with E-state index < -0.39 is 0 Å². The largest absolute Gasteiger partial charge is 0.393 e. The molecule has 1 fully saturated rings. The first-order chi connectivity index (χ1) is 8.02. The summed E-state index contributed by atoms with van der Waals surface area (Å²) in [5.74, 6) is 0.141. The molecule has 1 saturated carbocycles. The van der Waals surface area contributed by atoms with E-state index in [9.17, 15) is 9.50 Å². The Bertz CT molecular complexity index is 421. The predicted molar refractivity (Wildman–Crippen MR) is 69.9 cm³/mol. The molecule has 1 nitrogen and oxygen atoms in total. The summed E-state index contributed by atoms with van der Waals surface area (Å²) in [5.41, 5.74) is 0.933. The molecule has 1 aliphatic carbocycles. The number of hydrogen-bond acceptors (Lipinski definition) is 2. The average Bonchev–Trinajstić information content (AvgIpc) is 2.34. The second-order valence-electron chi connectivity index (χ2n) is 5.06. The Labute approximate surface area is 106 Å². The van der Waals surface area contributed by atoms with Crippen molar-refractivity contribution < 1.29 is 9.50 Å². The van der Waals surface area contributed by atoms with Crippen LogP contribution < -0.4 is 0 Å². The van der Waals surface area contributed by atoms with Gasteiger partial charge in [0.25, 0.3) is 0 Å². The Hall–Kier alpha value is -0.540. The standard InChI is InChI=1S/C14H19FOS/c1-4-14(2)10(8-13(14)16)9-5-6-12(17-3)11(15)7-9/h5-7,10,13,16H,4,8H2,1-3H3. The van der Waals surface area contributed by atoms with Crippen LogP contribution in [0.15, 0.2) is 23.1 Å². The summed E-state index contributed by atoms with van der Waals surface area (Å²) in [6, 6.07) is 5.48. The summed E-state index contributed by atoms with van der Waals surface area (Å²) in [6.45, 7) is 4.17. The van der Waals surface area contributed by atoms with Crippen LogP contribution in [0.1, 0.15) is 38.2 Å². The van der Waals surface area contributed by atoms with Crippen LogP contribution >= 0.6 is 11.8 Å². The van der Waals surface area contributed by atoms with E-state index in [1.54, 1.807) is 6.07 Å². The van der Waals surface area contributed by atoms with Gasteiger partial charge in [-0.2, -0.15) is 0 Å². The molecule has 0 saturated heterocycles. The number of aliphatic hydroxyl groups is 1. The molecule has 1 aromatic carbocycles. The van der Waals surface area contributed by atoms with Crippen molar-refractivity contribution >= 4 is 11.8 Å². The van der Waals surface area contributed by atoms with Crippen LogP contribution in [0, 0.1) is 11.2 Å². The summed E-state index contributed by atoms with van der Waals surface area (Å²) in [5, 5.41) is 9.87. The summed E-state index contributed by atoms with van der Waals surface area (Å²) in [7, 11) is 0. The third-order valence-corrected chi connectivity index (χ3v) is 5.13. The number of thioether (sulfide) groups is 1. The van der Waals surface area contributed by atoms with Crippen molar-refractivity contribution in [2.75, 3.05) is 6.26 Å². The zero-order valence-corrected chi connectivity index (χ0v) is 11.4. The lowest BCUT2D eigenvalue weighted by Gasteiger charge is -2.51. The first-order valence-corrected chi connectivity index (χ1v) is 7.27. The monoisotopic (exact) mass is 254 g/mol. The number of benzene rings is 1. The molecule has 3 atom stereocenters. The fourth-order valence-corrected chi connectivity index (χ4v) is 3.19. The topological polar surface area (TPSA) is 20.2 Å². The summed E-state index contributed by atoms with van der Waals surface area (Å²) in [4.78, 5) is 0.687. The van der Waals surface area contributed by atoms with Gasteiger partial charge in [0.05, 0.1) is 6.10 Å². The van der Waals surface area contributed by atoms with E-state index in [0.717, 1.165) is 18.4 Å². The van der Waals surface area contributed by atoms with Gasteiger partial charge in [-0.1, -0.05) is 19.9 Å². The van der Waals surface area contributed by atoms with Crippen LogP contribution in [0.3, 0.4) is 0 Å². The van der Waals surface area contributed by atoms with Crippen molar-refractivity contribution in [1.29, 1.82) is 0 Å². The van der Waals surface area contributed by atoms with Gasteiger partial charge in [0.1, 0.15) is 5.82 Å². The van der Waals surface area contributed by atoms with Gasteiger partial charge in [-0.15, -0.1) is 11.8 Å². The predicted octanol–water partition coefficient (Wildman–Crippen LogP) is 3.81. The molecule has 3 unspecified atom stereocenters. The van der Waals surface area contributed by atoms with Crippen molar-refractivity contribution in [1.82, 2.24) is 0 Å². The summed E-state index contributed by atoms with van der Waals surface area (Å²) < 4.78 is 13.7. The molecule has 0 bridgehead atoms. The fourth-order valence-electron chi connectivity index (χ4n) is 2.73. The molecule has 0 amide bonds. The molecule has 17 heavy (non-hydrogen) atoms. The first kappa shape index (κ1) is 12.9. The fraction of sp³-hybridized carbons (Fsp3) is 0.571. The average molecular weight is 254 g/mol. The van der Waals surface area contributed by atoms with E-state index in [1.807, 2.05) is 18.4 Å². The van der Waals surface area contributed by atoms with Crippen LogP contribution in [0.25, 0.3) is 0 Å². The minimum Gasteiger partial charge on any atom is -0.393 e. The lowest BCUT2D eigenvalue weighted by atomic mass is 9.55. The van der Waals surface area contributed by atoms with Gasteiger partial charge in [-0.3, -0.25) is 0 Å². The number of hydrogen-bond donors (Lipinski definition) is 1. The molecular formula is C14H19FOS. The van der Waals surface area contributed by atoms with E-state index in [-0.39, 0.29) is 23.3 Å². The highest BCUT2D eigenvalue weighted by Gasteiger charge is 2.50. The highest BCUT2D eigenvalue weighted by atomic mass is 32.2. The Morgan fingerprint density at radius 2 is 2.24 bits per heavy atom. The van der Waals surface area contributed by atoms with Crippen LogP contribution in [-0.4, -0.2) is 17.5 Å². The lowest BCUT2D eigenvalue weighted by molar-refractivity contribution is -0.0778. The molecule has 2 rings (SSSR count). The molecule has 94 valence electrons. The minimum absolute atomic E-state index is 0.0900. The minimum atomic E-state index is -0.249. The molecule has 3 heteroatoms. The van der Waals surface area contributed by atoms with E-state index in [1.165, 1.54) is 11.8 Å². The maximum Gasteiger partial charge on any atom is 0.137 e. The second kappa shape index (κ2) is 4.62. The lowest BCUT2D eigenvalue weighted by Crippen LogP contribution is -2.49. The molecule has 0 heterocycles. The zero-order valence-electron chi connectivity index (χ0n) is 10.5. The Kier molecular flexibility index (Phi) is 3.50. The smallest absolute Gasteiger partial charge is 0.137 e. The van der Waals surface area contributed by atoms with Gasteiger partial charge in [-0.05, 0) is 42.7 Å². The third kappa shape index (κ3) is 2.00. The second-order valence-corrected chi connectivity index (χ2v) is 5.91. The van der Waals surface area contributed by atoms with Crippen LogP contribution in [0.2, 0.25) is 0 Å². The zero-order chi connectivity index (χ0) is 12.6. The van der Waals surface area contributed by atoms with Crippen molar-refractivity contribution in [2.24, 2.45) is 5.41 Å². The Morgan fingerprint density at radius 1 is 1.53 bits per heavy atom. The molecular weight excluding hydrogens is 235 g/mol. The van der Waals surface area contributed by atoms with Crippen molar-refractivity contribution in [3.8, 4) is 0 Å². The Morgan fingerprint density at radius 3 is 2.71 bits per heavy atom. The van der Waals surface area contributed by atoms with Gasteiger partial charge < -0.3 is 5.11 Å². The SMILES string of the molecule is CCC1(C)C(O)CC1c1ccc(SC)c(F)c1. The normalized spacial score (nSPS) is 32.3. The van der Waals surface area contributed by atoms with E-state index in [4.69, 9.17) is 0 Å². The van der Waals surface area contributed by atoms with Crippen LogP contribution in [-0.2, 0) is 0 Å². The molecule has 1 N–H and O–H groups in total. The maximum absolute atomic E-state index is 13.7. The quantitative estimate of drug-likeness (QED) is 0.828. The first-order valence-electron chi connectivity index (χ1n) is 6.04. The molecule has 0 radical (unpaired) electrons. The Balaban J connectivity index is 2.27. The maximum atomic E-state index is 13.7. The van der Waals surface area contributed by atoms with Gasteiger partial charge in [0.2, 0.25) is 0 Å². The van der Waals surface area contributed by atoms with E-state index >= 15 is 0 Å².